The SMILES string of the molecule is Cc1ccn(Cc2nc(C)cs2)c(=O)c1. The zero-order valence-electron chi connectivity index (χ0n) is 8.73. The molecule has 0 aliphatic rings. The Morgan fingerprint density at radius 1 is 1.47 bits per heavy atom. The van der Waals surface area contributed by atoms with Gasteiger partial charge in [-0.05, 0) is 25.5 Å². The van der Waals surface area contributed by atoms with Crippen LogP contribution >= 0.6 is 11.3 Å². The first-order valence-electron chi connectivity index (χ1n) is 4.73. The summed E-state index contributed by atoms with van der Waals surface area (Å²) in [5.74, 6) is 0. The van der Waals surface area contributed by atoms with Gasteiger partial charge in [-0.2, -0.15) is 0 Å². The summed E-state index contributed by atoms with van der Waals surface area (Å²) in [5.41, 5.74) is 2.03. The molecule has 0 atom stereocenters. The molecule has 0 aliphatic heterocycles. The summed E-state index contributed by atoms with van der Waals surface area (Å²) in [5, 5.41) is 2.97. The number of aromatic nitrogens is 2. The molecule has 15 heavy (non-hydrogen) atoms. The third-order valence-electron chi connectivity index (χ3n) is 2.12. The molecule has 0 fully saturated rings. The van der Waals surface area contributed by atoms with Gasteiger partial charge in [-0.25, -0.2) is 4.98 Å². The Bertz CT molecular complexity index is 527. The Kier molecular flexibility index (Phi) is 2.68. The van der Waals surface area contributed by atoms with Crippen molar-refractivity contribution >= 4 is 11.3 Å². The fourth-order valence-electron chi connectivity index (χ4n) is 1.36. The molecule has 0 amide bonds. The number of aryl methyl sites for hydroxylation is 2. The van der Waals surface area contributed by atoms with Crippen LogP contribution in [0.15, 0.2) is 28.5 Å². The van der Waals surface area contributed by atoms with E-state index in [2.05, 4.69) is 4.98 Å². The molecule has 0 aliphatic carbocycles. The first-order chi connectivity index (χ1) is 7.15. The standard InChI is InChI=1S/C11H12N2OS/c1-8-3-4-13(11(14)5-8)6-10-12-9(2)7-15-10/h3-5,7H,6H2,1-2H3. The van der Waals surface area contributed by atoms with Crippen LogP contribution in [0.3, 0.4) is 0 Å². The third-order valence-corrected chi connectivity index (χ3v) is 3.08. The number of nitrogens with zero attached hydrogens (tertiary/aromatic N) is 2. The van der Waals surface area contributed by atoms with Crippen molar-refractivity contribution in [2.24, 2.45) is 0 Å². The fourth-order valence-corrected chi connectivity index (χ4v) is 2.13. The van der Waals surface area contributed by atoms with Crippen molar-refractivity contribution in [3.63, 3.8) is 0 Å². The third kappa shape index (κ3) is 2.33. The Labute approximate surface area is 92.0 Å². The van der Waals surface area contributed by atoms with E-state index in [1.54, 1.807) is 22.0 Å². The van der Waals surface area contributed by atoms with E-state index in [0.717, 1.165) is 16.3 Å². The van der Waals surface area contributed by atoms with Crippen LogP contribution in [0.5, 0.6) is 0 Å². The smallest absolute Gasteiger partial charge is 0.251 e. The molecule has 3 nitrogen and oxygen atoms in total. The van der Waals surface area contributed by atoms with Crippen molar-refractivity contribution in [3.05, 3.63) is 50.3 Å². The summed E-state index contributed by atoms with van der Waals surface area (Å²) in [6.07, 6.45) is 1.81. The lowest BCUT2D eigenvalue weighted by Gasteiger charge is -2.02. The number of thiazole rings is 1. The van der Waals surface area contributed by atoms with Crippen LogP contribution in [0.4, 0.5) is 0 Å². The molecule has 0 spiro atoms. The normalized spacial score (nSPS) is 10.5. The molecule has 0 saturated heterocycles. The largest absolute Gasteiger partial charge is 0.309 e. The predicted molar refractivity (Wildman–Crippen MR) is 61.4 cm³/mol. The first-order valence-corrected chi connectivity index (χ1v) is 5.61. The van der Waals surface area contributed by atoms with Gasteiger partial charge in [-0.1, -0.05) is 0 Å². The molecule has 4 heteroatoms. The molecule has 78 valence electrons. The summed E-state index contributed by atoms with van der Waals surface area (Å²) in [4.78, 5) is 15.9. The second kappa shape index (κ2) is 3.98. The predicted octanol–water partition coefficient (Wildman–Crippen LogP) is 1.97. The molecule has 0 unspecified atom stereocenters. The van der Waals surface area contributed by atoms with Gasteiger partial charge in [0.25, 0.3) is 5.56 Å². The summed E-state index contributed by atoms with van der Waals surface area (Å²) in [7, 11) is 0. The topological polar surface area (TPSA) is 34.9 Å². The molecule has 2 aromatic heterocycles. The minimum absolute atomic E-state index is 0.0304. The van der Waals surface area contributed by atoms with E-state index >= 15 is 0 Å². The van der Waals surface area contributed by atoms with Crippen LogP contribution in [-0.2, 0) is 6.54 Å². The highest BCUT2D eigenvalue weighted by atomic mass is 32.1. The number of pyridine rings is 1. The van der Waals surface area contributed by atoms with E-state index in [1.165, 1.54) is 0 Å². The van der Waals surface area contributed by atoms with E-state index in [0.29, 0.717) is 6.54 Å². The fraction of sp³-hybridized carbons (Fsp3) is 0.273. The van der Waals surface area contributed by atoms with Crippen molar-refractivity contribution in [1.29, 1.82) is 0 Å². The lowest BCUT2D eigenvalue weighted by Crippen LogP contribution is -2.19. The molecular weight excluding hydrogens is 208 g/mol. The zero-order valence-corrected chi connectivity index (χ0v) is 9.54. The van der Waals surface area contributed by atoms with Crippen LogP contribution in [-0.4, -0.2) is 9.55 Å². The molecule has 0 saturated carbocycles. The molecule has 0 bridgehead atoms. The van der Waals surface area contributed by atoms with Gasteiger partial charge < -0.3 is 4.57 Å². The summed E-state index contributed by atoms with van der Waals surface area (Å²) < 4.78 is 1.67. The molecule has 0 N–H and O–H groups in total. The van der Waals surface area contributed by atoms with Gasteiger partial charge in [0, 0.05) is 23.3 Å². The zero-order chi connectivity index (χ0) is 10.8. The van der Waals surface area contributed by atoms with E-state index in [1.807, 2.05) is 31.5 Å². The molecule has 2 heterocycles. The van der Waals surface area contributed by atoms with Gasteiger partial charge in [-0.3, -0.25) is 4.79 Å². The van der Waals surface area contributed by atoms with Crippen molar-refractivity contribution in [2.45, 2.75) is 20.4 Å². The van der Waals surface area contributed by atoms with Crippen molar-refractivity contribution in [1.82, 2.24) is 9.55 Å². The molecule has 0 aromatic carbocycles. The van der Waals surface area contributed by atoms with Gasteiger partial charge in [0.1, 0.15) is 5.01 Å². The lowest BCUT2D eigenvalue weighted by molar-refractivity contribution is 0.750. The van der Waals surface area contributed by atoms with Gasteiger partial charge in [0.15, 0.2) is 0 Å². The van der Waals surface area contributed by atoms with Gasteiger partial charge >= 0.3 is 0 Å². The molecule has 2 rings (SSSR count). The first kappa shape index (κ1) is 10.1. The van der Waals surface area contributed by atoms with Crippen LogP contribution in [0.25, 0.3) is 0 Å². The lowest BCUT2D eigenvalue weighted by atomic mass is 10.3. The summed E-state index contributed by atoms with van der Waals surface area (Å²) in [6.45, 7) is 4.44. The molecular formula is C11H12N2OS. The maximum absolute atomic E-state index is 11.6. The van der Waals surface area contributed by atoms with Crippen molar-refractivity contribution < 1.29 is 0 Å². The summed E-state index contributed by atoms with van der Waals surface area (Å²) in [6, 6.07) is 3.57. The van der Waals surface area contributed by atoms with E-state index < -0.39 is 0 Å². The van der Waals surface area contributed by atoms with E-state index in [-0.39, 0.29) is 5.56 Å². The maximum Gasteiger partial charge on any atom is 0.251 e. The van der Waals surface area contributed by atoms with Crippen molar-refractivity contribution in [3.8, 4) is 0 Å². The summed E-state index contributed by atoms with van der Waals surface area (Å²) >= 11 is 1.59. The highest BCUT2D eigenvalue weighted by Crippen LogP contribution is 2.09. The highest BCUT2D eigenvalue weighted by Gasteiger charge is 2.01. The van der Waals surface area contributed by atoms with Gasteiger partial charge in [0.05, 0.1) is 6.54 Å². The monoisotopic (exact) mass is 220 g/mol. The highest BCUT2D eigenvalue weighted by molar-refractivity contribution is 7.09. The quantitative estimate of drug-likeness (QED) is 0.775. The van der Waals surface area contributed by atoms with Gasteiger partial charge in [0.2, 0.25) is 0 Å². The molecule has 2 aromatic rings. The van der Waals surface area contributed by atoms with Crippen LogP contribution in [0.2, 0.25) is 0 Å². The number of hydrogen-bond donors (Lipinski definition) is 0. The number of hydrogen-bond acceptors (Lipinski definition) is 3. The number of rotatable bonds is 2. The Hall–Kier alpha value is -1.42. The Morgan fingerprint density at radius 2 is 2.27 bits per heavy atom. The minimum Gasteiger partial charge on any atom is -0.309 e. The average molecular weight is 220 g/mol. The average Bonchev–Trinajstić information content (AvgIpc) is 2.56. The Balaban J connectivity index is 2.28. The second-order valence-corrected chi connectivity index (χ2v) is 4.50. The van der Waals surface area contributed by atoms with E-state index in [4.69, 9.17) is 0 Å². The maximum atomic E-state index is 11.6. The van der Waals surface area contributed by atoms with E-state index in [9.17, 15) is 4.79 Å². The second-order valence-electron chi connectivity index (χ2n) is 3.55. The molecule has 0 radical (unpaired) electrons. The van der Waals surface area contributed by atoms with Crippen LogP contribution < -0.4 is 5.56 Å². The minimum atomic E-state index is 0.0304. The van der Waals surface area contributed by atoms with Crippen LogP contribution in [0, 0.1) is 13.8 Å². The van der Waals surface area contributed by atoms with Gasteiger partial charge in [-0.15, -0.1) is 11.3 Å². The van der Waals surface area contributed by atoms with Crippen LogP contribution in [0.1, 0.15) is 16.3 Å². The van der Waals surface area contributed by atoms with Crippen molar-refractivity contribution in [2.75, 3.05) is 0 Å². The Morgan fingerprint density at radius 3 is 2.87 bits per heavy atom.